The van der Waals surface area contributed by atoms with Crippen molar-refractivity contribution in [3.8, 4) is 5.82 Å². The molecule has 0 aromatic carbocycles. The van der Waals surface area contributed by atoms with E-state index in [1.807, 2.05) is 6.07 Å². The van der Waals surface area contributed by atoms with Crippen molar-refractivity contribution in [2.75, 3.05) is 0 Å². The van der Waals surface area contributed by atoms with Gasteiger partial charge in [-0.1, -0.05) is 0 Å². The van der Waals surface area contributed by atoms with Gasteiger partial charge in [-0.15, -0.1) is 11.3 Å². The van der Waals surface area contributed by atoms with Crippen LogP contribution in [0.15, 0.2) is 24.5 Å². The maximum atomic E-state index is 11.0. The third-order valence-corrected chi connectivity index (χ3v) is 3.90. The Bertz CT molecular complexity index is 835. The molecule has 0 aliphatic carbocycles. The number of hydrogen-bond acceptors (Lipinski definition) is 5. The number of aldehydes is 1. The largest absolute Gasteiger partial charge is 0.476 e. The van der Waals surface area contributed by atoms with Gasteiger partial charge in [0.15, 0.2) is 17.8 Å². The minimum atomic E-state index is -1.08. The topological polar surface area (TPSA) is 85.1 Å². The van der Waals surface area contributed by atoms with Crippen LogP contribution in [0.1, 0.15) is 25.7 Å². The number of aromatic nitrogens is 3. The molecule has 0 fully saturated rings. The zero-order valence-electron chi connectivity index (χ0n) is 10.4. The van der Waals surface area contributed by atoms with E-state index in [0.29, 0.717) is 16.3 Å². The van der Waals surface area contributed by atoms with E-state index in [1.54, 1.807) is 25.4 Å². The number of fused-ring (bicyclic) bond motifs is 1. The van der Waals surface area contributed by atoms with Crippen LogP contribution in [0.2, 0.25) is 0 Å². The Morgan fingerprint density at radius 2 is 2.30 bits per heavy atom. The van der Waals surface area contributed by atoms with Gasteiger partial charge in [-0.25, -0.2) is 14.5 Å². The number of nitrogens with zero attached hydrogens (tertiary/aromatic N) is 3. The molecule has 0 aliphatic heterocycles. The number of hydrogen-bond donors (Lipinski definition) is 1. The number of pyridine rings is 1. The first-order valence-corrected chi connectivity index (χ1v) is 6.55. The van der Waals surface area contributed by atoms with Gasteiger partial charge in [0.2, 0.25) is 0 Å². The van der Waals surface area contributed by atoms with Crippen molar-refractivity contribution in [2.45, 2.75) is 6.92 Å². The Labute approximate surface area is 117 Å². The van der Waals surface area contributed by atoms with Gasteiger partial charge in [0.05, 0.1) is 4.88 Å². The van der Waals surface area contributed by atoms with E-state index >= 15 is 0 Å². The fourth-order valence-electron chi connectivity index (χ4n) is 1.99. The highest BCUT2D eigenvalue weighted by atomic mass is 32.1. The van der Waals surface area contributed by atoms with Crippen molar-refractivity contribution >= 4 is 33.7 Å². The monoisotopic (exact) mass is 287 g/mol. The molecule has 0 bridgehead atoms. The molecule has 6 nitrogen and oxygen atoms in total. The Morgan fingerprint density at radius 3 is 2.95 bits per heavy atom. The molecule has 0 spiro atoms. The van der Waals surface area contributed by atoms with E-state index in [1.165, 1.54) is 16.0 Å². The summed E-state index contributed by atoms with van der Waals surface area (Å²) in [6.45, 7) is 1.68. The summed E-state index contributed by atoms with van der Waals surface area (Å²) in [5, 5.41) is 13.9. The predicted octanol–water partition coefficient (Wildman–Crippen LogP) is 2.30. The fraction of sp³-hybridized carbons (Fsp3) is 0.0769. The van der Waals surface area contributed by atoms with Gasteiger partial charge >= 0.3 is 5.97 Å². The smallest absolute Gasteiger partial charge is 0.356 e. The molecule has 0 atom stereocenters. The molecule has 0 saturated carbocycles. The molecule has 0 saturated heterocycles. The fourth-order valence-corrected chi connectivity index (χ4v) is 2.86. The lowest BCUT2D eigenvalue weighted by Crippen LogP contribution is -2.03. The average Bonchev–Trinajstić information content (AvgIpc) is 3.00. The van der Waals surface area contributed by atoms with Gasteiger partial charge in [-0.3, -0.25) is 4.79 Å². The predicted molar refractivity (Wildman–Crippen MR) is 73.8 cm³/mol. The van der Waals surface area contributed by atoms with E-state index in [9.17, 15) is 9.59 Å². The number of thiophene rings is 1. The number of carboxylic acids is 1. The van der Waals surface area contributed by atoms with Crippen LogP contribution in [-0.4, -0.2) is 32.1 Å². The average molecular weight is 287 g/mol. The zero-order chi connectivity index (χ0) is 14.3. The quantitative estimate of drug-likeness (QED) is 0.747. The Hall–Kier alpha value is -2.54. The maximum Gasteiger partial charge on any atom is 0.356 e. The van der Waals surface area contributed by atoms with Crippen molar-refractivity contribution in [3.63, 3.8) is 0 Å². The van der Waals surface area contributed by atoms with Crippen LogP contribution in [0.25, 0.3) is 15.9 Å². The van der Waals surface area contributed by atoms with Crippen LogP contribution >= 0.6 is 11.3 Å². The van der Waals surface area contributed by atoms with Gasteiger partial charge in [-0.05, 0) is 19.1 Å². The summed E-state index contributed by atoms with van der Waals surface area (Å²) < 4.78 is 2.34. The molecule has 3 aromatic rings. The molecule has 3 aromatic heterocycles. The van der Waals surface area contributed by atoms with Crippen molar-refractivity contribution in [3.05, 3.63) is 40.7 Å². The molecular formula is C13H9N3O3S. The molecule has 0 aliphatic rings. The van der Waals surface area contributed by atoms with Crippen molar-refractivity contribution in [1.29, 1.82) is 0 Å². The molecule has 0 radical (unpaired) electrons. The summed E-state index contributed by atoms with van der Waals surface area (Å²) in [6.07, 6.45) is 4.01. The maximum absolute atomic E-state index is 11.0. The molecule has 20 heavy (non-hydrogen) atoms. The second kappa shape index (κ2) is 4.53. The van der Waals surface area contributed by atoms with E-state index < -0.39 is 5.97 Å². The lowest BCUT2D eigenvalue weighted by Gasteiger charge is -2.01. The number of rotatable bonds is 3. The molecule has 100 valence electrons. The van der Waals surface area contributed by atoms with E-state index in [2.05, 4.69) is 10.1 Å². The SMILES string of the molecule is Cc1cn(-c2nccc3sc(C=O)cc23)nc1C(=O)O. The Morgan fingerprint density at radius 1 is 1.50 bits per heavy atom. The van der Waals surface area contributed by atoms with Crippen molar-refractivity contribution < 1.29 is 14.7 Å². The number of aromatic carboxylic acids is 1. The summed E-state index contributed by atoms with van der Waals surface area (Å²) in [4.78, 5) is 26.7. The first kappa shape index (κ1) is 12.5. The molecule has 7 heteroatoms. The Balaban J connectivity index is 2.23. The van der Waals surface area contributed by atoms with Gasteiger partial charge in [0.25, 0.3) is 0 Å². The van der Waals surface area contributed by atoms with E-state index in [-0.39, 0.29) is 5.69 Å². The molecular weight excluding hydrogens is 278 g/mol. The second-order valence-electron chi connectivity index (χ2n) is 4.22. The lowest BCUT2D eigenvalue weighted by atomic mass is 10.3. The Kier molecular flexibility index (Phi) is 2.83. The highest BCUT2D eigenvalue weighted by molar-refractivity contribution is 7.20. The third-order valence-electron chi connectivity index (χ3n) is 2.88. The summed E-state index contributed by atoms with van der Waals surface area (Å²) in [7, 11) is 0. The van der Waals surface area contributed by atoms with Crippen molar-refractivity contribution in [1.82, 2.24) is 14.8 Å². The minimum absolute atomic E-state index is 0.00496. The second-order valence-corrected chi connectivity index (χ2v) is 5.34. The third kappa shape index (κ3) is 1.88. The van der Waals surface area contributed by atoms with Crippen LogP contribution < -0.4 is 0 Å². The molecule has 3 rings (SSSR count). The number of carbonyl (C=O) groups excluding carboxylic acids is 1. The van der Waals surface area contributed by atoms with Crippen LogP contribution in [0.3, 0.4) is 0 Å². The lowest BCUT2D eigenvalue weighted by molar-refractivity contribution is 0.0689. The number of carboxylic acid groups (broad SMARTS) is 1. The summed E-state index contributed by atoms with van der Waals surface area (Å²) in [5.74, 6) is -0.560. The summed E-state index contributed by atoms with van der Waals surface area (Å²) in [6, 6.07) is 3.54. The van der Waals surface area contributed by atoms with Gasteiger partial charge in [-0.2, -0.15) is 5.10 Å². The van der Waals surface area contributed by atoms with Crippen LogP contribution in [-0.2, 0) is 0 Å². The van der Waals surface area contributed by atoms with E-state index in [4.69, 9.17) is 5.11 Å². The first-order valence-electron chi connectivity index (χ1n) is 5.74. The normalized spacial score (nSPS) is 10.8. The molecule has 1 N–H and O–H groups in total. The zero-order valence-corrected chi connectivity index (χ0v) is 11.2. The highest BCUT2D eigenvalue weighted by Crippen LogP contribution is 2.28. The van der Waals surface area contributed by atoms with E-state index in [0.717, 1.165) is 16.4 Å². The number of aryl methyl sites for hydroxylation is 1. The minimum Gasteiger partial charge on any atom is -0.476 e. The molecule has 3 heterocycles. The van der Waals surface area contributed by atoms with Crippen LogP contribution in [0.4, 0.5) is 0 Å². The number of carbonyl (C=O) groups is 2. The molecule has 0 unspecified atom stereocenters. The first-order chi connectivity index (χ1) is 9.60. The summed E-state index contributed by atoms with van der Waals surface area (Å²) >= 11 is 1.36. The molecule has 0 amide bonds. The van der Waals surface area contributed by atoms with Gasteiger partial charge in [0, 0.05) is 28.0 Å². The van der Waals surface area contributed by atoms with Crippen molar-refractivity contribution in [2.24, 2.45) is 0 Å². The van der Waals surface area contributed by atoms with Gasteiger partial charge < -0.3 is 5.11 Å². The van der Waals surface area contributed by atoms with Crippen LogP contribution in [0.5, 0.6) is 0 Å². The standard InChI is InChI=1S/C13H9N3O3S/c1-7-5-16(15-11(7)13(18)19)12-9-4-8(6-17)20-10(9)2-3-14-12/h2-6H,1H3,(H,18,19). The highest BCUT2D eigenvalue weighted by Gasteiger charge is 2.15. The summed E-state index contributed by atoms with van der Waals surface area (Å²) in [5.41, 5.74) is 0.553. The van der Waals surface area contributed by atoms with Crippen LogP contribution in [0, 0.1) is 6.92 Å². The van der Waals surface area contributed by atoms with Gasteiger partial charge in [0.1, 0.15) is 0 Å².